The summed E-state index contributed by atoms with van der Waals surface area (Å²) >= 11 is 0. The van der Waals surface area contributed by atoms with Gasteiger partial charge >= 0.3 is 0 Å². The maximum absolute atomic E-state index is 3.42. The molecule has 0 aromatic rings. The average molecular weight is 99.2 g/mol. The van der Waals surface area contributed by atoms with Gasteiger partial charge in [0.25, 0.3) is 0 Å². The second-order valence-electron chi connectivity index (χ2n) is 2.55. The Bertz CT molecular complexity index is 53.2. The highest BCUT2D eigenvalue weighted by Crippen LogP contribution is 2.09. The summed E-state index contributed by atoms with van der Waals surface area (Å²) in [6.45, 7) is 4.48. The number of nitrogens with one attached hydrogen (secondary N) is 1. The molecule has 7 heavy (non-hydrogen) atoms. The van der Waals surface area contributed by atoms with Gasteiger partial charge in [0.2, 0.25) is 0 Å². The third kappa shape index (κ3) is 1.16. The summed E-state index contributed by atoms with van der Waals surface area (Å²) in [5, 5.41) is 3.42. The highest BCUT2D eigenvalue weighted by molar-refractivity contribution is 4.76. The monoisotopic (exact) mass is 99.1 g/mol. The maximum atomic E-state index is 3.42. The van der Waals surface area contributed by atoms with Crippen LogP contribution in [0.4, 0.5) is 0 Å². The summed E-state index contributed by atoms with van der Waals surface area (Å²) < 4.78 is 0. The first kappa shape index (κ1) is 5.10. The van der Waals surface area contributed by atoms with Gasteiger partial charge in [-0.25, -0.2) is 0 Å². The van der Waals surface area contributed by atoms with Crippen molar-refractivity contribution in [2.45, 2.75) is 38.8 Å². The van der Waals surface area contributed by atoms with Gasteiger partial charge in [0.15, 0.2) is 0 Å². The van der Waals surface area contributed by atoms with Crippen LogP contribution >= 0.6 is 0 Å². The third-order valence-electron chi connectivity index (χ3n) is 1.60. The summed E-state index contributed by atoms with van der Waals surface area (Å²) in [5.41, 5.74) is 0. The minimum absolute atomic E-state index is 0.773. The Morgan fingerprint density at radius 3 is 1.71 bits per heavy atom. The number of hydrogen-bond donors (Lipinski definition) is 1. The Labute approximate surface area is 45.1 Å². The molecule has 1 fully saturated rings. The van der Waals surface area contributed by atoms with E-state index in [1.165, 1.54) is 12.8 Å². The van der Waals surface area contributed by atoms with E-state index in [4.69, 9.17) is 0 Å². The molecular formula is C6H13N. The van der Waals surface area contributed by atoms with Gasteiger partial charge in [-0.1, -0.05) is 0 Å². The summed E-state index contributed by atoms with van der Waals surface area (Å²) in [6, 6.07) is 1.55. The molecule has 0 spiro atoms. The zero-order valence-electron chi connectivity index (χ0n) is 5.07. The fourth-order valence-corrected chi connectivity index (χ4v) is 1.15. The van der Waals surface area contributed by atoms with Crippen LogP contribution in [0.3, 0.4) is 0 Å². The lowest BCUT2D eigenvalue weighted by Crippen LogP contribution is -2.23. The molecule has 1 saturated heterocycles. The Kier molecular flexibility index (Phi) is 1.33. The third-order valence-corrected chi connectivity index (χ3v) is 1.60. The van der Waals surface area contributed by atoms with Gasteiger partial charge in [-0.05, 0) is 26.7 Å². The maximum Gasteiger partial charge on any atom is 0.00417 e. The molecule has 1 aliphatic heterocycles. The van der Waals surface area contributed by atoms with Crippen molar-refractivity contribution in [2.24, 2.45) is 0 Å². The lowest BCUT2D eigenvalue weighted by Gasteiger charge is -2.01. The fourth-order valence-electron chi connectivity index (χ4n) is 1.15. The molecule has 0 aromatic carbocycles. The topological polar surface area (TPSA) is 12.0 Å². The van der Waals surface area contributed by atoms with Crippen molar-refractivity contribution >= 4 is 0 Å². The molecule has 1 heteroatoms. The highest BCUT2D eigenvalue weighted by Gasteiger charge is 2.14. The van der Waals surface area contributed by atoms with E-state index in [2.05, 4.69) is 19.2 Å². The van der Waals surface area contributed by atoms with Crippen molar-refractivity contribution in [1.29, 1.82) is 0 Å². The van der Waals surface area contributed by atoms with Gasteiger partial charge in [0, 0.05) is 12.1 Å². The van der Waals surface area contributed by atoms with E-state index in [1.54, 1.807) is 0 Å². The van der Waals surface area contributed by atoms with Gasteiger partial charge in [0.05, 0.1) is 0 Å². The molecular weight excluding hydrogens is 86.1 g/mol. The van der Waals surface area contributed by atoms with Crippen molar-refractivity contribution < 1.29 is 0 Å². The first-order valence-electron chi connectivity index (χ1n) is 3.05. The molecule has 1 heterocycles. The van der Waals surface area contributed by atoms with Gasteiger partial charge in [0.1, 0.15) is 0 Å². The van der Waals surface area contributed by atoms with Crippen LogP contribution in [0.2, 0.25) is 0 Å². The van der Waals surface area contributed by atoms with Crippen LogP contribution in [0.15, 0.2) is 0 Å². The second kappa shape index (κ2) is 1.83. The molecule has 0 amide bonds. The Balaban J connectivity index is 2.26. The van der Waals surface area contributed by atoms with Crippen LogP contribution in [-0.4, -0.2) is 12.1 Å². The molecule has 1 N–H and O–H groups in total. The standard InChI is InChI=1S/C6H13N/c1-5-3-4-6(2)7-5/h5-7H,3-4H2,1-2H3/t5-,6+. The summed E-state index contributed by atoms with van der Waals surface area (Å²) in [7, 11) is 0. The van der Waals surface area contributed by atoms with Crippen LogP contribution in [0.1, 0.15) is 26.7 Å². The smallest absolute Gasteiger partial charge is 0.00417 e. The fraction of sp³-hybridized carbons (Fsp3) is 1.00. The molecule has 0 bridgehead atoms. The normalized spacial score (nSPS) is 42.0. The van der Waals surface area contributed by atoms with Crippen molar-refractivity contribution in [3.63, 3.8) is 0 Å². The molecule has 0 unspecified atom stereocenters. The summed E-state index contributed by atoms with van der Waals surface area (Å²) in [4.78, 5) is 0. The Morgan fingerprint density at radius 1 is 1.14 bits per heavy atom. The predicted molar refractivity (Wildman–Crippen MR) is 31.3 cm³/mol. The first-order valence-corrected chi connectivity index (χ1v) is 3.05. The SMILES string of the molecule is C[C@@H]1CC[C@H](C)N1. The Hall–Kier alpha value is -0.0400. The van der Waals surface area contributed by atoms with Gasteiger partial charge in [-0.15, -0.1) is 0 Å². The molecule has 2 atom stereocenters. The number of hydrogen-bond acceptors (Lipinski definition) is 1. The molecule has 0 aliphatic carbocycles. The average Bonchev–Trinajstić information content (AvgIpc) is 1.87. The van der Waals surface area contributed by atoms with Crippen molar-refractivity contribution in [2.75, 3.05) is 0 Å². The van der Waals surface area contributed by atoms with Gasteiger partial charge in [-0.2, -0.15) is 0 Å². The van der Waals surface area contributed by atoms with Crippen molar-refractivity contribution in [1.82, 2.24) is 5.32 Å². The largest absolute Gasteiger partial charge is 0.312 e. The van der Waals surface area contributed by atoms with Gasteiger partial charge < -0.3 is 5.32 Å². The lowest BCUT2D eigenvalue weighted by atomic mass is 10.2. The summed E-state index contributed by atoms with van der Waals surface area (Å²) in [5.74, 6) is 0. The minimum atomic E-state index is 0.773. The van der Waals surface area contributed by atoms with Crippen LogP contribution in [0.25, 0.3) is 0 Å². The molecule has 0 aromatic heterocycles. The zero-order chi connectivity index (χ0) is 5.28. The van der Waals surface area contributed by atoms with E-state index in [0.29, 0.717) is 0 Å². The molecule has 0 saturated carbocycles. The van der Waals surface area contributed by atoms with E-state index in [0.717, 1.165) is 12.1 Å². The van der Waals surface area contributed by atoms with Crippen LogP contribution in [0, 0.1) is 0 Å². The second-order valence-corrected chi connectivity index (χ2v) is 2.55. The van der Waals surface area contributed by atoms with E-state index in [1.807, 2.05) is 0 Å². The highest BCUT2D eigenvalue weighted by atomic mass is 15.0. The Morgan fingerprint density at radius 2 is 1.57 bits per heavy atom. The van der Waals surface area contributed by atoms with Crippen LogP contribution in [-0.2, 0) is 0 Å². The van der Waals surface area contributed by atoms with Crippen molar-refractivity contribution in [3.05, 3.63) is 0 Å². The van der Waals surface area contributed by atoms with E-state index >= 15 is 0 Å². The quantitative estimate of drug-likeness (QED) is 0.480. The van der Waals surface area contributed by atoms with Crippen LogP contribution < -0.4 is 5.32 Å². The number of rotatable bonds is 0. The first-order chi connectivity index (χ1) is 3.29. The molecule has 1 nitrogen and oxygen atoms in total. The van der Waals surface area contributed by atoms with E-state index < -0.39 is 0 Å². The predicted octanol–water partition coefficient (Wildman–Crippen LogP) is 1.15. The minimum Gasteiger partial charge on any atom is -0.312 e. The molecule has 1 aliphatic rings. The molecule has 1 rings (SSSR count). The van der Waals surface area contributed by atoms with Crippen LogP contribution in [0.5, 0.6) is 0 Å². The van der Waals surface area contributed by atoms with Gasteiger partial charge in [-0.3, -0.25) is 0 Å². The molecule has 42 valence electrons. The van der Waals surface area contributed by atoms with Crippen molar-refractivity contribution in [3.8, 4) is 0 Å². The van der Waals surface area contributed by atoms with E-state index in [-0.39, 0.29) is 0 Å². The molecule has 0 radical (unpaired) electrons. The zero-order valence-corrected chi connectivity index (χ0v) is 5.07. The summed E-state index contributed by atoms with van der Waals surface area (Å²) in [6.07, 6.45) is 2.72. The lowest BCUT2D eigenvalue weighted by molar-refractivity contribution is 0.596. The van der Waals surface area contributed by atoms with E-state index in [9.17, 15) is 0 Å².